The maximum absolute atomic E-state index is 13.9. The van der Waals surface area contributed by atoms with Gasteiger partial charge in [-0.3, -0.25) is 4.79 Å². The van der Waals surface area contributed by atoms with Gasteiger partial charge in [0.05, 0.1) is 10.9 Å². The SMILES string of the molecule is Cl.O=C(O)c1cn(C2CC2)c2c(F)cc(F)cc2c1=O. The van der Waals surface area contributed by atoms with Crippen LogP contribution in [-0.2, 0) is 0 Å². The minimum Gasteiger partial charge on any atom is -0.477 e. The van der Waals surface area contributed by atoms with E-state index in [4.69, 9.17) is 5.11 Å². The zero-order valence-electron chi connectivity index (χ0n) is 10.1. The standard InChI is InChI=1S/C13H9F2NO3.ClH/c14-6-3-8-11(10(15)4-6)16(7-1-2-7)5-9(12(8)17)13(18)19;/h3-5,7H,1-2H2,(H,18,19);1H. The maximum Gasteiger partial charge on any atom is 0.341 e. The van der Waals surface area contributed by atoms with Gasteiger partial charge in [0.25, 0.3) is 0 Å². The van der Waals surface area contributed by atoms with Crippen molar-refractivity contribution in [2.45, 2.75) is 18.9 Å². The molecule has 1 aromatic heterocycles. The largest absolute Gasteiger partial charge is 0.477 e. The molecule has 0 amide bonds. The fourth-order valence-corrected chi connectivity index (χ4v) is 2.20. The third-order valence-electron chi connectivity index (χ3n) is 3.21. The van der Waals surface area contributed by atoms with E-state index in [-0.39, 0.29) is 29.4 Å². The summed E-state index contributed by atoms with van der Waals surface area (Å²) in [5.41, 5.74) is -1.36. The minimum atomic E-state index is -1.40. The van der Waals surface area contributed by atoms with E-state index in [9.17, 15) is 18.4 Å². The van der Waals surface area contributed by atoms with Gasteiger partial charge in [-0.1, -0.05) is 0 Å². The summed E-state index contributed by atoms with van der Waals surface area (Å²) in [5.74, 6) is -3.14. The summed E-state index contributed by atoms with van der Waals surface area (Å²) >= 11 is 0. The molecule has 1 aliphatic carbocycles. The van der Waals surface area contributed by atoms with Crippen LogP contribution in [0, 0.1) is 11.6 Å². The summed E-state index contributed by atoms with van der Waals surface area (Å²) in [7, 11) is 0. The molecular formula is C13H10ClF2NO3. The molecule has 20 heavy (non-hydrogen) atoms. The van der Waals surface area contributed by atoms with Crippen LogP contribution in [0.25, 0.3) is 10.9 Å². The third kappa shape index (κ3) is 2.16. The van der Waals surface area contributed by atoms with Gasteiger partial charge in [0.1, 0.15) is 11.4 Å². The zero-order chi connectivity index (χ0) is 13.7. The van der Waals surface area contributed by atoms with Crippen LogP contribution >= 0.6 is 12.4 Å². The van der Waals surface area contributed by atoms with Crippen LogP contribution in [0.15, 0.2) is 23.1 Å². The van der Waals surface area contributed by atoms with Gasteiger partial charge in [-0.2, -0.15) is 0 Å². The lowest BCUT2D eigenvalue weighted by Gasteiger charge is -2.12. The first-order valence-electron chi connectivity index (χ1n) is 5.76. The molecule has 1 aliphatic rings. The normalized spacial score (nSPS) is 14.1. The van der Waals surface area contributed by atoms with E-state index in [0.29, 0.717) is 6.07 Å². The van der Waals surface area contributed by atoms with Gasteiger partial charge in [0.2, 0.25) is 5.43 Å². The molecule has 2 aromatic rings. The molecule has 0 bridgehead atoms. The Hall–Kier alpha value is -1.95. The fourth-order valence-electron chi connectivity index (χ4n) is 2.20. The van der Waals surface area contributed by atoms with Gasteiger partial charge in [-0.05, 0) is 18.9 Å². The van der Waals surface area contributed by atoms with E-state index < -0.39 is 28.6 Å². The van der Waals surface area contributed by atoms with E-state index in [0.717, 1.165) is 25.1 Å². The Kier molecular flexibility index (Phi) is 3.52. The molecule has 1 fully saturated rings. The second-order valence-corrected chi connectivity index (χ2v) is 4.60. The predicted octanol–water partition coefficient (Wildman–Crippen LogP) is 2.73. The Morgan fingerprint density at radius 3 is 2.50 bits per heavy atom. The van der Waals surface area contributed by atoms with Crippen molar-refractivity contribution in [2.24, 2.45) is 0 Å². The number of rotatable bonds is 2. The lowest BCUT2D eigenvalue weighted by atomic mass is 10.1. The number of fused-ring (bicyclic) bond motifs is 1. The molecule has 106 valence electrons. The Balaban J connectivity index is 0.00000147. The lowest BCUT2D eigenvalue weighted by Crippen LogP contribution is -2.19. The van der Waals surface area contributed by atoms with Crippen molar-refractivity contribution in [2.75, 3.05) is 0 Å². The first-order chi connectivity index (χ1) is 8.99. The van der Waals surface area contributed by atoms with Crippen LogP contribution in [0.5, 0.6) is 0 Å². The lowest BCUT2D eigenvalue weighted by molar-refractivity contribution is 0.0695. The van der Waals surface area contributed by atoms with Crippen molar-refractivity contribution in [3.05, 3.63) is 45.8 Å². The highest BCUT2D eigenvalue weighted by atomic mass is 35.5. The van der Waals surface area contributed by atoms with Gasteiger partial charge < -0.3 is 9.67 Å². The van der Waals surface area contributed by atoms with E-state index in [1.807, 2.05) is 0 Å². The maximum atomic E-state index is 13.9. The molecule has 3 rings (SSSR count). The molecule has 1 aromatic carbocycles. The number of hydrogen-bond acceptors (Lipinski definition) is 2. The van der Waals surface area contributed by atoms with E-state index in [1.54, 1.807) is 0 Å². The van der Waals surface area contributed by atoms with Crippen molar-refractivity contribution < 1.29 is 18.7 Å². The molecular weight excluding hydrogens is 292 g/mol. The average molecular weight is 302 g/mol. The van der Waals surface area contributed by atoms with Crippen molar-refractivity contribution in [3.63, 3.8) is 0 Å². The molecule has 0 unspecified atom stereocenters. The van der Waals surface area contributed by atoms with Crippen molar-refractivity contribution in [1.82, 2.24) is 4.57 Å². The zero-order valence-corrected chi connectivity index (χ0v) is 10.9. The number of benzene rings is 1. The number of pyridine rings is 1. The Labute approximate surface area is 118 Å². The highest BCUT2D eigenvalue weighted by Crippen LogP contribution is 2.37. The van der Waals surface area contributed by atoms with Crippen LogP contribution < -0.4 is 5.43 Å². The number of hydrogen-bond donors (Lipinski definition) is 1. The topological polar surface area (TPSA) is 59.3 Å². The molecule has 1 heterocycles. The summed E-state index contributed by atoms with van der Waals surface area (Å²) in [6.07, 6.45) is 2.72. The Bertz CT molecular complexity index is 768. The molecule has 4 nitrogen and oxygen atoms in total. The number of aromatic nitrogens is 1. The highest BCUT2D eigenvalue weighted by molar-refractivity contribution is 5.92. The van der Waals surface area contributed by atoms with Crippen molar-refractivity contribution in [1.29, 1.82) is 0 Å². The molecule has 0 radical (unpaired) electrons. The first kappa shape index (κ1) is 14.5. The summed E-state index contributed by atoms with van der Waals surface area (Å²) in [4.78, 5) is 23.0. The molecule has 0 spiro atoms. The van der Waals surface area contributed by atoms with E-state index >= 15 is 0 Å². The fraction of sp³-hybridized carbons (Fsp3) is 0.231. The molecule has 0 saturated heterocycles. The van der Waals surface area contributed by atoms with E-state index in [2.05, 4.69) is 0 Å². The smallest absolute Gasteiger partial charge is 0.341 e. The number of carboxylic acids is 1. The molecule has 7 heteroatoms. The van der Waals surface area contributed by atoms with Crippen LogP contribution in [-0.4, -0.2) is 15.6 Å². The molecule has 0 atom stereocenters. The minimum absolute atomic E-state index is 0. The van der Waals surface area contributed by atoms with Gasteiger partial charge in [0.15, 0.2) is 5.82 Å². The Morgan fingerprint density at radius 2 is 1.95 bits per heavy atom. The third-order valence-corrected chi connectivity index (χ3v) is 3.21. The monoisotopic (exact) mass is 301 g/mol. The molecule has 1 N–H and O–H groups in total. The van der Waals surface area contributed by atoms with Crippen molar-refractivity contribution in [3.8, 4) is 0 Å². The van der Waals surface area contributed by atoms with Gasteiger partial charge in [0, 0.05) is 18.3 Å². The van der Waals surface area contributed by atoms with Crippen LogP contribution in [0.1, 0.15) is 29.2 Å². The number of aromatic carboxylic acids is 1. The second-order valence-electron chi connectivity index (χ2n) is 4.60. The molecule has 1 saturated carbocycles. The predicted molar refractivity (Wildman–Crippen MR) is 70.6 cm³/mol. The van der Waals surface area contributed by atoms with Gasteiger partial charge in [-0.25, -0.2) is 13.6 Å². The van der Waals surface area contributed by atoms with Crippen LogP contribution in [0.2, 0.25) is 0 Å². The number of halogens is 3. The van der Waals surface area contributed by atoms with Gasteiger partial charge >= 0.3 is 5.97 Å². The quantitative estimate of drug-likeness (QED) is 0.928. The van der Waals surface area contributed by atoms with Crippen LogP contribution in [0.3, 0.4) is 0 Å². The number of nitrogens with zero attached hydrogens (tertiary/aromatic N) is 1. The Morgan fingerprint density at radius 1 is 1.30 bits per heavy atom. The summed E-state index contributed by atoms with van der Waals surface area (Å²) in [6.45, 7) is 0. The van der Waals surface area contributed by atoms with E-state index in [1.165, 1.54) is 4.57 Å². The second kappa shape index (κ2) is 4.86. The van der Waals surface area contributed by atoms with Crippen molar-refractivity contribution >= 4 is 29.3 Å². The summed E-state index contributed by atoms with van der Waals surface area (Å²) < 4.78 is 28.5. The molecule has 0 aliphatic heterocycles. The average Bonchev–Trinajstić information content (AvgIpc) is 3.13. The number of carboxylic acid groups (broad SMARTS) is 1. The van der Waals surface area contributed by atoms with Gasteiger partial charge in [-0.15, -0.1) is 12.4 Å². The van der Waals surface area contributed by atoms with Crippen LogP contribution in [0.4, 0.5) is 8.78 Å². The number of carbonyl (C=O) groups is 1. The highest BCUT2D eigenvalue weighted by Gasteiger charge is 2.28. The summed E-state index contributed by atoms with van der Waals surface area (Å²) in [6, 6.07) is 1.55. The first-order valence-corrected chi connectivity index (χ1v) is 5.76. The summed E-state index contributed by atoms with van der Waals surface area (Å²) in [5, 5.41) is 8.76.